The molecule has 1 aliphatic rings. The second-order valence-corrected chi connectivity index (χ2v) is 9.85. The first-order valence-electron chi connectivity index (χ1n) is 8.92. The number of sulfonamides is 1. The molecule has 1 atom stereocenters. The van der Waals surface area contributed by atoms with Gasteiger partial charge in [-0.05, 0) is 43.6 Å². The fourth-order valence-corrected chi connectivity index (χ4v) is 4.97. The van der Waals surface area contributed by atoms with Crippen LogP contribution in [0.1, 0.15) is 31.6 Å². The quantitative estimate of drug-likeness (QED) is 0.554. The molecule has 2 N–H and O–H groups in total. The number of nitrogens with zero attached hydrogens (tertiary/aromatic N) is 2. The molecule has 1 fully saturated rings. The van der Waals surface area contributed by atoms with E-state index in [1.54, 1.807) is 29.6 Å². The van der Waals surface area contributed by atoms with E-state index in [4.69, 9.17) is 0 Å². The molecule has 0 spiro atoms. The Bertz CT molecular complexity index is 636. The number of nitrogens with one attached hydrogen (secondary N) is 2. The molecule has 6 nitrogen and oxygen atoms in total. The Balaban J connectivity index is 1.73. The Kier molecular flexibility index (Phi) is 7.71. The zero-order valence-electron chi connectivity index (χ0n) is 15.4. The zero-order valence-corrected chi connectivity index (χ0v) is 17.0. The molecule has 142 valence electrons. The fraction of sp³-hybridized carbons (Fsp3) is 0.706. The van der Waals surface area contributed by atoms with E-state index in [0.717, 1.165) is 31.8 Å². The standard InChI is InChI=1S/C17H30N4O2S2/c1-4-25(22,23)21-9-7-15(8-10-21)20-17(18-3)19-13-14(2)12-16-6-5-11-24-16/h5-6,11,14-15H,4,7-10,12-13H2,1-3H3,(H2,18,19,20). The van der Waals surface area contributed by atoms with Crippen LogP contribution in [0, 0.1) is 5.92 Å². The van der Waals surface area contributed by atoms with Gasteiger partial charge in [0.25, 0.3) is 0 Å². The smallest absolute Gasteiger partial charge is 0.213 e. The fourth-order valence-electron chi connectivity index (χ4n) is 2.96. The molecule has 0 amide bonds. The molecule has 0 aromatic carbocycles. The van der Waals surface area contributed by atoms with Gasteiger partial charge in [-0.3, -0.25) is 4.99 Å². The summed E-state index contributed by atoms with van der Waals surface area (Å²) in [4.78, 5) is 5.70. The van der Waals surface area contributed by atoms with Crippen molar-refractivity contribution in [2.45, 2.75) is 39.2 Å². The van der Waals surface area contributed by atoms with Gasteiger partial charge in [0.05, 0.1) is 5.75 Å². The Labute approximate surface area is 155 Å². The van der Waals surface area contributed by atoms with Crippen LogP contribution in [0.15, 0.2) is 22.5 Å². The van der Waals surface area contributed by atoms with Gasteiger partial charge in [-0.15, -0.1) is 11.3 Å². The first-order chi connectivity index (χ1) is 11.9. The van der Waals surface area contributed by atoms with Crippen LogP contribution in [-0.2, 0) is 16.4 Å². The molecule has 1 aromatic rings. The summed E-state index contributed by atoms with van der Waals surface area (Å²) >= 11 is 1.80. The molecular formula is C17H30N4O2S2. The summed E-state index contributed by atoms with van der Waals surface area (Å²) < 4.78 is 25.4. The van der Waals surface area contributed by atoms with Crippen LogP contribution < -0.4 is 10.6 Å². The van der Waals surface area contributed by atoms with Gasteiger partial charge in [0.2, 0.25) is 10.0 Å². The van der Waals surface area contributed by atoms with Gasteiger partial charge in [0.1, 0.15) is 0 Å². The second-order valence-electron chi connectivity index (χ2n) is 6.56. The predicted octanol–water partition coefficient (Wildman–Crippen LogP) is 1.91. The van der Waals surface area contributed by atoms with Gasteiger partial charge in [-0.2, -0.15) is 0 Å². The molecule has 0 aliphatic carbocycles. The van der Waals surface area contributed by atoms with Crippen molar-refractivity contribution in [2.24, 2.45) is 10.9 Å². The monoisotopic (exact) mass is 386 g/mol. The van der Waals surface area contributed by atoms with Crippen LogP contribution >= 0.6 is 11.3 Å². The third-order valence-corrected chi connectivity index (χ3v) is 7.30. The van der Waals surface area contributed by atoms with E-state index in [0.29, 0.717) is 19.0 Å². The number of guanidine groups is 1. The van der Waals surface area contributed by atoms with Crippen LogP contribution in [0.2, 0.25) is 0 Å². The van der Waals surface area contributed by atoms with E-state index in [1.807, 2.05) is 0 Å². The summed E-state index contributed by atoms with van der Waals surface area (Å²) in [5, 5.41) is 8.94. The predicted molar refractivity (Wildman–Crippen MR) is 106 cm³/mol. The Hall–Kier alpha value is -1.12. The summed E-state index contributed by atoms with van der Waals surface area (Å²) in [5.41, 5.74) is 0. The molecule has 8 heteroatoms. The molecule has 0 radical (unpaired) electrons. The Morgan fingerprint density at radius 2 is 2.16 bits per heavy atom. The normalized spacial score (nSPS) is 18.9. The van der Waals surface area contributed by atoms with Crippen LogP contribution in [0.5, 0.6) is 0 Å². The summed E-state index contributed by atoms with van der Waals surface area (Å²) in [6, 6.07) is 4.53. The lowest BCUT2D eigenvalue weighted by atomic mass is 10.1. The minimum Gasteiger partial charge on any atom is -0.356 e. The van der Waals surface area contributed by atoms with Crippen LogP contribution in [0.4, 0.5) is 0 Å². The third-order valence-electron chi connectivity index (χ3n) is 4.52. The van der Waals surface area contributed by atoms with E-state index in [1.165, 1.54) is 4.88 Å². The van der Waals surface area contributed by atoms with Gasteiger partial charge in [0, 0.05) is 37.6 Å². The topological polar surface area (TPSA) is 73.8 Å². The average Bonchev–Trinajstić information content (AvgIpc) is 3.12. The maximum atomic E-state index is 11.9. The van der Waals surface area contributed by atoms with E-state index in [-0.39, 0.29) is 11.8 Å². The Morgan fingerprint density at radius 3 is 2.72 bits per heavy atom. The average molecular weight is 387 g/mol. The first kappa shape index (κ1) is 20.2. The van der Waals surface area contributed by atoms with Crippen molar-refractivity contribution in [2.75, 3.05) is 32.4 Å². The highest BCUT2D eigenvalue weighted by atomic mass is 32.2. The molecule has 0 saturated carbocycles. The van der Waals surface area contributed by atoms with Gasteiger partial charge < -0.3 is 10.6 Å². The van der Waals surface area contributed by atoms with E-state index in [9.17, 15) is 8.42 Å². The number of hydrogen-bond donors (Lipinski definition) is 2. The molecule has 1 unspecified atom stereocenters. The molecule has 1 aliphatic heterocycles. The number of aliphatic imine (C=N–C) groups is 1. The highest BCUT2D eigenvalue weighted by Gasteiger charge is 2.27. The molecule has 25 heavy (non-hydrogen) atoms. The highest BCUT2D eigenvalue weighted by Crippen LogP contribution is 2.15. The van der Waals surface area contributed by atoms with E-state index < -0.39 is 10.0 Å². The lowest BCUT2D eigenvalue weighted by Crippen LogP contribution is -2.50. The zero-order chi connectivity index (χ0) is 18.3. The number of piperidine rings is 1. The highest BCUT2D eigenvalue weighted by molar-refractivity contribution is 7.89. The van der Waals surface area contributed by atoms with Gasteiger partial charge in [-0.25, -0.2) is 12.7 Å². The van der Waals surface area contributed by atoms with Gasteiger partial charge in [0.15, 0.2) is 5.96 Å². The largest absolute Gasteiger partial charge is 0.356 e. The lowest BCUT2D eigenvalue weighted by molar-refractivity contribution is 0.306. The van der Waals surface area contributed by atoms with Crippen LogP contribution in [-0.4, -0.2) is 57.2 Å². The Morgan fingerprint density at radius 1 is 1.44 bits per heavy atom. The molecule has 1 saturated heterocycles. The number of hydrogen-bond acceptors (Lipinski definition) is 4. The van der Waals surface area contributed by atoms with E-state index in [2.05, 4.69) is 40.1 Å². The third kappa shape index (κ3) is 6.27. The van der Waals surface area contributed by atoms with Crippen molar-refractivity contribution >= 4 is 27.3 Å². The van der Waals surface area contributed by atoms with Gasteiger partial charge in [-0.1, -0.05) is 13.0 Å². The minimum atomic E-state index is -3.06. The molecule has 2 heterocycles. The number of rotatable bonds is 7. The first-order valence-corrected chi connectivity index (χ1v) is 11.4. The van der Waals surface area contributed by atoms with Crippen molar-refractivity contribution in [3.05, 3.63) is 22.4 Å². The maximum absolute atomic E-state index is 11.9. The van der Waals surface area contributed by atoms with Crippen LogP contribution in [0.25, 0.3) is 0 Å². The molecule has 0 bridgehead atoms. The molecule has 2 rings (SSSR count). The molecule has 1 aromatic heterocycles. The summed E-state index contributed by atoms with van der Waals surface area (Å²) in [6.45, 7) is 5.96. The summed E-state index contributed by atoms with van der Waals surface area (Å²) in [6.07, 6.45) is 2.68. The van der Waals surface area contributed by atoms with Gasteiger partial charge >= 0.3 is 0 Å². The van der Waals surface area contributed by atoms with Crippen molar-refractivity contribution in [3.63, 3.8) is 0 Å². The summed E-state index contributed by atoms with van der Waals surface area (Å²) in [7, 11) is -1.29. The lowest BCUT2D eigenvalue weighted by Gasteiger charge is -2.32. The van der Waals surface area contributed by atoms with Crippen molar-refractivity contribution in [1.29, 1.82) is 0 Å². The number of thiophene rings is 1. The molecular weight excluding hydrogens is 356 g/mol. The second kappa shape index (κ2) is 9.54. The maximum Gasteiger partial charge on any atom is 0.213 e. The van der Waals surface area contributed by atoms with E-state index >= 15 is 0 Å². The SMILES string of the molecule is CCS(=O)(=O)N1CCC(NC(=NC)NCC(C)Cc2cccs2)CC1. The van der Waals surface area contributed by atoms with Crippen LogP contribution in [0.3, 0.4) is 0 Å². The van der Waals surface area contributed by atoms with Crippen molar-refractivity contribution in [3.8, 4) is 0 Å². The van der Waals surface area contributed by atoms with Crippen molar-refractivity contribution in [1.82, 2.24) is 14.9 Å². The summed E-state index contributed by atoms with van der Waals surface area (Å²) in [5.74, 6) is 1.50. The van der Waals surface area contributed by atoms with Crippen molar-refractivity contribution < 1.29 is 8.42 Å². The minimum absolute atomic E-state index is 0.177.